The predicted octanol–water partition coefficient (Wildman–Crippen LogP) is 1.94. The number of pyridine rings is 1. The van der Waals surface area contributed by atoms with Crippen LogP contribution < -0.4 is 5.32 Å². The monoisotopic (exact) mass is 294 g/mol. The Balaban J connectivity index is 1.82. The summed E-state index contributed by atoms with van der Waals surface area (Å²) in [7, 11) is 0. The summed E-state index contributed by atoms with van der Waals surface area (Å²) in [5, 5.41) is 2.56. The Bertz CT molecular complexity index is 627. The number of halogens is 2. The summed E-state index contributed by atoms with van der Waals surface area (Å²) in [4.78, 5) is 19.4. The predicted molar refractivity (Wildman–Crippen MR) is 72.7 cm³/mol. The van der Waals surface area contributed by atoms with Crippen LogP contribution in [0.4, 0.5) is 8.78 Å². The van der Waals surface area contributed by atoms with Crippen molar-refractivity contribution in [2.45, 2.75) is 26.3 Å². The van der Waals surface area contributed by atoms with Gasteiger partial charge in [0.1, 0.15) is 11.6 Å². The SMILES string of the molecule is CCc1nccn1CCCNC(=O)c1ncc(F)cc1F. The van der Waals surface area contributed by atoms with Crippen molar-refractivity contribution < 1.29 is 13.6 Å². The maximum atomic E-state index is 13.4. The van der Waals surface area contributed by atoms with Crippen LogP contribution in [0.2, 0.25) is 0 Å². The van der Waals surface area contributed by atoms with E-state index in [9.17, 15) is 13.6 Å². The van der Waals surface area contributed by atoms with Crippen molar-refractivity contribution in [3.63, 3.8) is 0 Å². The molecule has 21 heavy (non-hydrogen) atoms. The molecule has 7 heteroatoms. The van der Waals surface area contributed by atoms with Gasteiger partial charge in [0.25, 0.3) is 5.91 Å². The number of rotatable bonds is 6. The quantitative estimate of drug-likeness (QED) is 0.828. The van der Waals surface area contributed by atoms with Gasteiger partial charge in [-0.25, -0.2) is 18.7 Å². The van der Waals surface area contributed by atoms with Crippen molar-refractivity contribution >= 4 is 5.91 Å². The molecule has 0 spiro atoms. The fourth-order valence-electron chi connectivity index (χ4n) is 1.97. The van der Waals surface area contributed by atoms with Gasteiger partial charge >= 0.3 is 0 Å². The van der Waals surface area contributed by atoms with E-state index in [1.807, 2.05) is 17.7 Å². The van der Waals surface area contributed by atoms with Crippen molar-refractivity contribution in [3.05, 3.63) is 47.8 Å². The maximum Gasteiger partial charge on any atom is 0.272 e. The van der Waals surface area contributed by atoms with Gasteiger partial charge in [-0.2, -0.15) is 0 Å². The van der Waals surface area contributed by atoms with E-state index < -0.39 is 23.2 Å². The third kappa shape index (κ3) is 3.84. The highest BCUT2D eigenvalue weighted by molar-refractivity contribution is 5.92. The first-order chi connectivity index (χ1) is 10.1. The Morgan fingerprint density at radius 2 is 2.19 bits per heavy atom. The average molecular weight is 294 g/mol. The highest BCUT2D eigenvalue weighted by Gasteiger charge is 2.13. The Morgan fingerprint density at radius 1 is 1.38 bits per heavy atom. The fourth-order valence-corrected chi connectivity index (χ4v) is 1.97. The molecule has 0 saturated heterocycles. The van der Waals surface area contributed by atoms with Crippen molar-refractivity contribution in [1.82, 2.24) is 19.9 Å². The lowest BCUT2D eigenvalue weighted by molar-refractivity contribution is 0.0943. The fraction of sp³-hybridized carbons (Fsp3) is 0.357. The summed E-state index contributed by atoms with van der Waals surface area (Å²) in [6.07, 6.45) is 5.94. The summed E-state index contributed by atoms with van der Waals surface area (Å²) in [6.45, 7) is 3.10. The summed E-state index contributed by atoms with van der Waals surface area (Å²) < 4.78 is 28.1. The Hall–Kier alpha value is -2.31. The van der Waals surface area contributed by atoms with Crippen molar-refractivity contribution in [3.8, 4) is 0 Å². The molecular weight excluding hydrogens is 278 g/mol. The van der Waals surface area contributed by atoms with Gasteiger partial charge in [-0.1, -0.05) is 6.92 Å². The second-order valence-corrected chi connectivity index (χ2v) is 4.48. The summed E-state index contributed by atoms with van der Waals surface area (Å²) in [5.41, 5.74) is -0.395. The maximum absolute atomic E-state index is 13.4. The summed E-state index contributed by atoms with van der Waals surface area (Å²) >= 11 is 0. The molecule has 2 rings (SSSR count). The van der Waals surface area contributed by atoms with E-state index >= 15 is 0 Å². The number of hydrogen-bond donors (Lipinski definition) is 1. The lowest BCUT2D eigenvalue weighted by atomic mass is 10.3. The molecule has 2 heterocycles. The van der Waals surface area contributed by atoms with E-state index in [4.69, 9.17) is 0 Å². The van der Waals surface area contributed by atoms with E-state index in [2.05, 4.69) is 15.3 Å². The first kappa shape index (κ1) is 15.1. The molecule has 1 N–H and O–H groups in total. The van der Waals surface area contributed by atoms with Crippen LogP contribution in [0.3, 0.4) is 0 Å². The molecule has 1 amide bonds. The molecule has 0 aliphatic rings. The van der Waals surface area contributed by atoms with Crippen molar-refractivity contribution in [1.29, 1.82) is 0 Å². The molecule has 2 aromatic heterocycles. The Labute approximate surface area is 121 Å². The lowest BCUT2D eigenvalue weighted by Crippen LogP contribution is -2.27. The van der Waals surface area contributed by atoms with Gasteiger partial charge in [-0.05, 0) is 6.42 Å². The van der Waals surface area contributed by atoms with Gasteiger partial charge < -0.3 is 9.88 Å². The molecule has 0 radical (unpaired) electrons. The van der Waals surface area contributed by atoms with Crippen LogP contribution in [-0.4, -0.2) is 27.0 Å². The number of imidazole rings is 1. The smallest absolute Gasteiger partial charge is 0.272 e. The van der Waals surface area contributed by atoms with Crippen LogP contribution in [-0.2, 0) is 13.0 Å². The van der Waals surface area contributed by atoms with Gasteiger partial charge in [-0.15, -0.1) is 0 Å². The number of carbonyl (C=O) groups is 1. The first-order valence-corrected chi connectivity index (χ1v) is 6.71. The molecule has 112 valence electrons. The average Bonchev–Trinajstić information content (AvgIpc) is 2.90. The Kier molecular flexibility index (Phi) is 4.97. The van der Waals surface area contributed by atoms with Crippen LogP contribution >= 0.6 is 0 Å². The number of nitrogens with one attached hydrogen (secondary N) is 1. The van der Waals surface area contributed by atoms with Gasteiger partial charge in [0.15, 0.2) is 11.5 Å². The lowest BCUT2D eigenvalue weighted by Gasteiger charge is -2.08. The molecule has 0 bridgehead atoms. The van der Waals surface area contributed by atoms with Crippen molar-refractivity contribution in [2.75, 3.05) is 6.54 Å². The minimum Gasteiger partial charge on any atom is -0.351 e. The molecule has 0 aromatic carbocycles. The number of aromatic nitrogens is 3. The first-order valence-electron chi connectivity index (χ1n) is 6.71. The van der Waals surface area contributed by atoms with Crippen LogP contribution in [0.15, 0.2) is 24.7 Å². The number of aryl methyl sites for hydroxylation is 2. The number of hydrogen-bond acceptors (Lipinski definition) is 3. The molecule has 0 aliphatic heterocycles. The summed E-state index contributed by atoms with van der Waals surface area (Å²) in [6, 6.07) is 0.640. The highest BCUT2D eigenvalue weighted by atomic mass is 19.1. The molecule has 0 fully saturated rings. The van der Waals surface area contributed by atoms with Crippen LogP contribution in [0, 0.1) is 11.6 Å². The van der Waals surface area contributed by atoms with E-state index in [1.54, 1.807) is 6.20 Å². The van der Waals surface area contributed by atoms with E-state index in [1.165, 1.54) is 0 Å². The zero-order valence-electron chi connectivity index (χ0n) is 11.6. The second-order valence-electron chi connectivity index (χ2n) is 4.48. The van der Waals surface area contributed by atoms with E-state index in [0.717, 1.165) is 18.4 Å². The highest BCUT2D eigenvalue weighted by Crippen LogP contribution is 2.06. The summed E-state index contributed by atoms with van der Waals surface area (Å²) in [5.74, 6) is -1.44. The van der Waals surface area contributed by atoms with E-state index in [-0.39, 0.29) is 0 Å². The molecule has 0 aliphatic carbocycles. The van der Waals surface area contributed by atoms with Gasteiger partial charge in [0.2, 0.25) is 0 Å². The Morgan fingerprint density at radius 3 is 2.90 bits per heavy atom. The normalized spacial score (nSPS) is 10.6. The minimum absolute atomic E-state index is 0.374. The van der Waals surface area contributed by atoms with Gasteiger partial charge in [-0.3, -0.25) is 4.79 Å². The zero-order valence-corrected chi connectivity index (χ0v) is 11.6. The van der Waals surface area contributed by atoms with Gasteiger partial charge in [0, 0.05) is 38.0 Å². The third-order valence-electron chi connectivity index (χ3n) is 3.00. The number of nitrogens with zero attached hydrogens (tertiary/aromatic N) is 3. The third-order valence-corrected chi connectivity index (χ3v) is 3.00. The van der Waals surface area contributed by atoms with Gasteiger partial charge in [0.05, 0.1) is 6.20 Å². The number of carbonyl (C=O) groups excluding carboxylic acids is 1. The standard InChI is InChI=1S/C14H16F2N4O/c1-2-12-17-5-7-20(12)6-3-4-18-14(21)13-11(16)8-10(15)9-19-13/h5,7-9H,2-4,6H2,1H3,(H,18,21). The molecular formula is C14H16F2N4O. The molecule has 0 saturated carbocycles. The molecule has 0 unspecified atom stereocenters. The topological polar surface area (TPSA) is 59.8 Å². The molecule has 0 atom stereocenters. The second kappa shape index (κ2) is 6.92. The van der Waals surface area contributed by atoms with E-state index in [0.29, 0.717) is 25.6 Å². The van der Waals surface area contributed by atoms with Crippen LogP contribution in [0.5, 0.6) is 0 Å². The number of amides is 1. The minimum atomic E-state index is -0.963. The molecule has 5 nitrogen and oxygen atoms in total. The van der Waals surface area contributed by atoms with Crippen LogP contribution in [0.1, 0.15) is 29.7 Å². The van der Waals surface area contributed by atoms with Crippen molar-refractivity contribution in [2.24, 2.45) is 0 Å². The molecule has 2 aromatic rings. The largest absolute Gasteiger partial charge is 0.351 e. The zero-order chi connectivity index (χ0) is 15.2. The van der Waals surface area contributed by atoms with Crippen LogP contribution in [0.25, 0.3) is 0 Å².